The van der Waals surface area contributed by atoms with Crippen molar-refractivity contribution in [2.24, 2.45) is 0 Å². The summed E-state index contributed by atoms with van der Waals surface area (Å²) in [4.78, 5) is 24.0. The Morgan fingerprint density at radius 2 is 2.00 bits per heavy atom. The van der Waals surface area contributed by atoms with E-state index in [1.54, 1.807) is 19.2 Å². The first kappa shape index (κ1) is 14.9. The molecule has 21 heavy (non-hydrogen) atoms. The molecule has 6 heteroatoms. The number of amides is 2. The lowest BCUT2D eigenvalue weighted by atomic mass is 10.2. The average Bonchev–Trinajstić information content (AvgIpc) is 2.47. The fourth-order valence-corrected chi connectivity index (χ4v) is 2.00. The van der Waals surface area contributed by atoms with Crippen LogP contribution in [0.4, 0.5) is 16.2 Å². The van der Waals surface area contributed by atoms with E-state index in [-0.39, 0.29) is 11.7 Å². The first-order valence-electron chi connectivity index (χ1n) is 6.88. The number of nitrogens with one attached hydrogen (secondary N) is 3. The van der Waals surface area contributed by atoms with Crippen molar-refractivity contribution in [2.75, 3.05) is 17.7 Å². The van der Waals surface area contributed by atoms with E-state index in [2.05, 4.69) is 16.0 Å². The molecule has 112 valence electrons. The van der Waals surface area contributed by atoms with E-state index in [4.69, 9.17) is 4.42 Å². The van der Waals surface area contributed by atoms with Crippen LogP contribution in [0, 0.1) is 0 Å². The van der Waals surface area contributed by atoms with Gasteiger partial charge in [0.25, 0.3) is 0 Å². The van der Waals surface area contributed by atoms with Crippen LogP contribution >= 0.6 is 0 Å². The lowest BCUT2D eigenvalue weighted by molar-refractivity contribution is 0.249. The molecular weight excluding hydrogens is 270 g/mol. The van der Waals surface area contributed by atoms with Crippen molar-refractivity contribution in [1.29, 1.82) is 0 Å². The van der Waals surface area contributed by atoms with Gasteiger partial charge in [-0.2, -0.15) is 0 Å². The van der Waals surface area contributed by atoms with E-state index in [1.165, 1.54) is 0 Å². The molecule has 1 aromatic heterocycles. The van der Waals surface area contributed by atoms with Crippen LogP contribution in [0.1, 0.15) is 20.3 Å². The zero-order chi connectivity index (χ0) is 15.4. The highest BCUT2D eigenvalue weighted by molar-refractivity contribution is 6.01. The van der Waals surface area contributed by atoms with Crippen molar-refractivity contribution in [3.8, 4) is 0 Å². The lowest BCUT2D eigenvalue weighted by Gasteiger charge is -2.15. The molecule has 0 radical (unpaired) electrons. The van der Waals surface area contributed by atoms with Crippen LogP contribution in [0.15, 0.2) is 33.5 Å². The summed E-state index contributed by atoms with van der Waals surface area (Å²) in [7, 11) is 1.69. The van der Waals surface area contributed by atoms with E-state index in [9.17, 15) is 9.59 Å². The number of anilines is 2. The third-order valence-corrected chi connectivity index (χ3v) is 3.29. The maximum Gasteiger partial charge on any atom is 0.362 e. The molecule has 0 aliphatic heterocycles. The zero-order valence-electron chi connectivity index (χ0n) is 12.3. The van der Waals surface area contributed by atoms with Gasteiger partial charge in [-0.25, -0.2) is 9.59 Å². The Bertz CT molecular complexity index is 709. The number of benzene rings is 1. The molecule has 0 spiro atoms. The first-order valence-corrected chi connectivity index (χ1v) is 6.88. The maximum absolute atomic E-state index is 12.1. The topological polar surface area (TPSA) is 83.4 Å². The molecule has 1 heterocycles. The van der Waals surface area contributed by atoms with E-state index < -0.39 is 11.7 Å². The number of hydrogen-bond acceptors (Lipinski definition) is 4. The molecule has 1 aromatic carbocycles. The van der Waals surface area contributed by atoms with Crippen LogP contribution in [0.5, 0.6) is 0 Å². The number of urea groups is 1. The van der Waals surface area contributed by atoms with Gasteiger partial charge in [0, 0.05) is 18.5 Å². The molecule has 0 saturated heterocycles. The van der Waals surface area contributed by atoms with Gasteiger partial charge in [0.05, 0.1) is 5.69 Å². The molecule has 0 fully saturated rings. The van der Waals surface area contributed by atoms with Gasteiger partial charge < -0.3 is 15.1 Å². The quantitative estimate of drug-likeness (QED) is 0.756. The number of hydrogen-bond donors (Lipinski definition) is 3. The van der Waals surface area contributed by atoms with Crippen molar-refractivity contribution >= 4 is 28.4 Å². The fourth-order valence-electron chi connectivity index (χ4n) is 2.00. The average molecular weight is 289 g/mol. The van der Waals surface area contributed by atoms with Crippen molar-refractivity contribution in [1.82, 2.24) is 5.32 Å². The molecular formula is C15H19N3O3. The lowest BCUT2D eigenvalue weighted by Crippen LogP contribution is -2.36. The summed E-state index contributed by atoms with van der Waals surface area (Å²) in [6.07, 6.45) is 0.804. The van der Waals surface area contributed by atoms with Gasteiger partial charge in [0.15, 0.2) is 5.69 Å². The van der Waals surface area contributed by atoms with Gasteiger partial charge in [-0.05, 0) is 25.5 Å². The number of para-hydroxylation sites is 1. The monoisotopic (exact) mass is 289 g/mol. The first-order chi connectivity index (χ1) is 10.1. The molecule has 6 nitrogen and oxygen atoms in total. The summed E-state index contributed by atoms with van der Waals surface area (Å²) < 4.78 is 5.23. The van der Waals surface area contributed by atoms with E-state index in [1.807, 2.05) is 26.0 Å². The Labute approximate surface area is 122 Å². The summed E-state index contributed by atoms with van der Waals surface area (Å²) in [5.41, 5.74) is 0.537. The van der Waals surface area contributed by atoms with E-state index in [0.717, 1.165) is 11.8 Å². The van der Waals surface area contributed by atoms with E-state index in [0.29, 0.717) is 11.3 Å². The van der Waals surface area contributed by atoms with Crippen molar-refractivity contribution < 1.29 is 9.21 Å². The summed E-state index contributed by atoms with van der Waals surface area (Å²) in [6.45, 7) is 3.86. The largest absolute Gasteiger partial charge is 0.421 e. The molecule has 0 unspecified atom stereocenters. The Morgan fingerprint density at radius 1 is 1.29 bits per heavy atom. The second-order valence-corrected chi connectivity index (χ2v) is 4.79. The number of carbonyl (C=O) groups is 1. The van der Waals surface area contributed by atoms with Crippen LogP contribution in [-0.4, -0.2) is 19.1 Å². The van der Waals surface area contributed by atoms with Gasteiger partial charge >= 0.3 is 11.7 Å². The molecule has 0 aliphatic rings. The van der Waals surface area contributed by atoms with Gasteiger partial charge in [-0.1, -0.05) is 19.1 Å². The molecule has 2 rings (SSSR count). The minimum atomic E-state index is -0.586. The highest BCUT2D eigenvalue weighted by Crippen LogP contribution is 2.27. The smallest absolute Gasteiger partial charge is 0.362 e. The molecule has 0 bridgehead atoms. The van der Waals surface area contributed by atoms with E-state index >= 15 is 0 Å². The summed E-state index contributed by atoms with van der Waals surface area (Å²) in [5.74, 6) is 0. The van der Waals surface area contributed by atoms with Crippen LogP contribution in [0.2, 0.25) is 0 Å². The summed E-state index contributed by atoms with van der Waals surface area (Å²) in [5, 5.41) is 9.00. The fraction of sp³-hybridized carbons (Fsp3) is 0.333. The maximum atomic E-state index is 12.1. The minimum Gasteiger partial charge on any atom is -0.421 e. The van der Waals surface area contributed by atoms with Crippen molar-refractivity contribution in [3.63, 3.8) is 0 Å². The van der Waals surface area contributed by atoms with Crippen molar-refractivity contribution in [2.45, 2.75) is 26.3 Å². The third kappa shape index (κ3) is 3.16. The standard InChI is InChI=1S/C15H19N3O3/c1-4-9(2)17-15(20)18-13-12(16-3)10-7-5-6-8-11(10)21-14(13)19/h5-9,16H,4H2,1-3H3,(H2,17,18,20)/t9-/m0/s1. The zero-order valence-corrected chi connectivity index (χ0v) is 12.3. The predicted octanol–water partition coefficient (Wildman–Crippen LogP) is 2.75. The van der Waals surface area contributed by atoms with Crippen LogP contribution in [0.25, 0.3) is 11.0 Å². The SMILES string of the molecule is CC[C@H](C)NC(=O)Nc1c(NC)c2ccccc2oc1=O. The Morgan fingerprint density at radius 3 is 2.67 bits per heavy atom. The number of carbonyl (C=O) groups excluding carboxylic acids is 1. The highest BCUT2D eigenvalue weighted by atomic mass is 16.4. The summed E-state index contributed by atoms with van der Waals surface area (Å²) in [6, 6.07) is 6.75. The van der Waals surface area contributed by atoms with Crippen LogP contribution < -0.4 is 21.6 Å². The molecule has 0 saturated carbocycles. The van der Waals surface area contributed by atoms with Crippen LogP contribution in [-0.2, 0) is 0 Å². The van der Waals surface area contributed by atoms with Gasteiger partial charge in [-0.15, -0.1) is 0 Å². The second kappa shape index (κ2) is 6.30. The highest BCUT2D eigenvalue weighted by Gasteiger charge is 2.16. The Balaban J connectivity index is 2.41. The minimum absolute atomic E-state index is 0.0236. The Hall–Kier alpha value is -2.50. The molecule has 2 aromatic rings. The predicted molar refractivity (Wildman–Crippen MR) is 83.9 cm³/mol. The molecule has 0 aliphatic carbocycles. The van der Waals surface area contributed by atoms with Gasteiger partial charge in [0.2, 0.25) is 0 Å². The van der Waals surface area contributed by atoms with Crippen LogP contribution in [0.3, 0.4) is 0 Å². The molecule has 1 atom stereocenters. The Kier molecular flexibility index (Phi) is 4.47. The molecule has 2 amide bonds. The normalized spacial score (nSPS) is 12.0. The van der Waals surface area contributed by atoms with Gasteiger partial charge in [-0.3, -0.25) is 5.32 Å². The summed E-state index contributed by atoms with van der Waals surface area (Å²) >= 11 is 0. The second-order valence-electron chi connectivity index (χ2n) is 4.79. The third-order valence-electron chi connectivity index (χ3n) is 3.29. The number of rotatable bonds is 4. The van der Waals surface area contributed by atoms with Gasteiger partial charge in [0.1, 0.15) is 5.58 Å². The number of fused-ring (bicyclic) bond motifs is 1. The molecule has 3 N–H and O–H groups in total. The van der Waals surface area contributed by atoms with Crippen molar-refractivity contribution in [3.05, 3.63) is 34.7 Å².